The van der Waals surface area contributed by atoms with Crippen LogP contribution in [-0.2, 0) is 6.42 Å². The number of benzene rings is 1. The smallest absolute Gasteiger partial charge is 0.0283 e. The Labute approximate surface area is 121 Å². The van der Waals surface area contributed by atoms with Crippen LogP contribution in [0, 0.1) is 0 Å². The first-order valence-corrected chi connectivity index (χ1v) is 8.65. The molecule has 3 rings (SSSR count). The summed E-state index contributed by atoms with van der Waals surface area (Å²) in [6, 6.07) is 9.34. The highest BCUT2D eigenvalue weighted by molar-refractivity contribution is 8.00. The fraction of sp³-hybridized carbons (Fsp3) is 0.647. The largest absolute Gasteiger partial charge is 0.326 e. The summed E-state index contributed by atoms with van der Waals surface area (Å²) in [7, 11) is 0. The lowest BCUT2D eigenvalue weighted by Gasteiger charge is -2.35. The van der Waals surface area contributed by atoms with E-state index in [1.54, 1.807) is 11.1 Å². The first-order valence-electron chi connectivity index (χ1n) is 7.66. The molecule has 0 aromatic heterocycles. The van der Waals surface area contributed by atoms with Gasteiger partial charge >= 0.3 is 0 Å². The van der Waals surface area contributed by atoms with Crippen molar-refractivity contribution in [2.75, 3.05) is 5.75 Å². The molecule has 2 heteroatoms. The molecule has 0 saturated carbocycles. The topological polar surface area (TPSA) is 26.0 Å². The Balaban J connectivity index is 1.74. The lowest BCUT2D eigenvalue weighted by molar-refractivity contribution is 0.401. The first kappa shape index (κ1) is 13.5. The van der Waals surface area contributed by atoms with Crippen LogP contribution < -0.4 is 5.73 Å². The second kappa shape index (κ2) is 5.49. The van der Waals surface area contributed by atoms with Gasteiger partial charge in [-0.25, -0.2) is 0 Å². The van der Waals surface area contributed by atoms with Crippen molar-refractivity contribution in [2.45, 2.75) is 62.2 Å². The van der Waals surface area contributed by atoms with Gasteiger partial charge in [0.1, 0.15) is 0 Å². The van der Waals surface area contributed by atoms with Crippen molar-refractivity contribution < 1.29 is 0 Å². The Morgan fingerprint density at radius 1 is 1.37 bits per heavy atom. The van der Waals surface area contributed by atoms with E-state index in [-0.39, 0.29) is 0 Å². The number of nitrogens with two attached hydrogens (primary N) is 1. The van der Waals surface area contributed by atoms with Gasteiger partial charge in [-0.1, -0.05) is 24.3 Å². The third-order valence-corrected chi connectivity index (χ3v) is 6.72. The number of fused-ring (bicyclic) bond motifs is 1. The van der Waals surface area contributed by atoms with E-state index in [1.807, 2.05) is 0 Å². The molecule has 1 aromatic carbocycles. The van der Waals surface area contributed by atoms with Gasteiger partial charge in [0, 0.05) is 10.8 Å². The van der Waals surface area contributed by atoms with E-state index in [0.717, 1.165) is 0 Å². The fourth-order valence-electron chi connectivity index (χ4n) is 3.75. The van der Waals surface area contributed by atoms with Crippen molar-refractivity contribution in [1.82, 2.24) is 0 Å². The summed E-state index contributed by atoms with van der Waals surface area (Å²) in [6.45, 7) is 2.38. The van der Waals surface area contributed by atoms with Crippen LogP contribution in [0.2, 0.25) is 0 Å². The number of rotatable bonds is 3. The number of hydrogen-bond donors (Lipinski definition) is 1. The minimum absolute atomic E-state index is 0.326. The standard InChI is InChI=1S/C17H25NS/c1-17(10-5-11-19-17)16(18)12-14-8-4-7-13-6-2-3-9-15(13)14/h2-3,6,9,14,16H,4-5,7-8,10-12,18H2,1H3. The zero-order valence-corrected chi connectivity index (χ0v) is 12.7. The minimum Gasteiger partial charge on any atom is -0.326 e. The maximum absolute atomic E-state index is 6.58. The zero-order valence-electron chi connectivity index (χ0n) is 11.9. The molecule has 104 valence electrons. The van der Waals surface area contributed by atoms with Gasteiger partial charge in [0.05, 0.1) is 0 Å². The molecule has 3 atom stereocenters. The van der Waals surface area contributed by atoms with Gasteiger partial charge < -0.3 is 5.73 Å². The summed E-state index contributed by atoms with van der Waals surface area (Å²) in [6.07, 6.45) is 7.72. The van der Waals surface area contributed by atoms with E-state index < -0.39 is 0 Å². The van der Waals surface area contributed by atoms with Crippen LogP contribution in [0.3, 0.4) is 0 Å². The number of thioether (sulfide) groups is 1. The molecular weight excluding hydrogens is 250 g/mol. The van der Waals surface area contributed by atoms with Crippen LogP contribution in [-0.4, -0.2) is 16.5 Å². The number of aryl methyl sites for hydroxylation is 1. The highest BCUT2D eigenvalue weighted by Crippen LogP contribution is 2.44. The van der Waals surface area contributed by atoms with Gasteiger partial charge in [0.15, 0.2) is 0 Å². The van der Waals surface area contributed by atoms with Gasteiger partial charge in [-0.05, 0) is 68.2 Å². The zero-order chi connectivity index (χ0) is 13.3. The van der Waals surface area contributed by atoms with E-state index >= 15 is 0 Å². The van der Waals surface area contributed by atoms with E-state index in [2.05, 4.69) is 43.0 Å². The van der Waals surface area contributed by atoms with E-state index in [9.17, 15) is 0 Å². The highest BCUT2D eigenvalue weighted by Gasteiger charge is 2.37. The summed E-state index contributed by atoms with van der Waals surface area (Å²) < 4.78 is 0.326. The van der Waals surface area contributed by atoms with Crippen LogP contribution >= 0.6 is 11.8 Å². The molecule has 1 fully saturated rings. The quantitative estimate of drug-likeness (QED) is 0.898. The van der Waals surface area contributed by atoms with Crippen molar-refractivity contribution in [3.8, 4) is 0 Å². The molecule has 1 aromatic rings. The van der Waals surface area contributed by atoms with Crippen LogP contribution in [0.25, 0.3) is 0 Å². The molecule has 0 radical (unpaired) electrons. The molecule has 3 unspecified atom stereocenters. The average molecular weight is 275 g/mol. The van der Waals surface area contributed by atoms with Crippen LogP contribution in [0.5, 0.6) is 0 Å². The molecule has 1 nitrogen and oxygen atoms in total. The SMILES string of the molecule is CC1(C(N)CC2CCCc3ccccc32)CCCS1. The Morgan fingerprint density at radius 2 is 2.21 bits per heavy atom. The van der Waals surface area contributed by atoms with Crippen molar-refractivity contribution in [3.05, 3.63) is 35.4 Å². The van der Waals surface area contributed by atoms with Crippen molar-refractivity contribution in [2.24, 2.45) is 5.73 Å². The maximum Gasteiger partial charge on any atom is 0.0283 e. The fourth-order valence-corrected chi connectivity index (χ4v) is 5.10. The molecular formula is C17H25NS. The molecule has 0 spiro atoms. The van der Waals surface area contributed by atoms with Crippen LogP contribution in [0.1, 0.15) is 56.1 Å². The van der Waals surface area contributed by atoms with Crippen molar-refractivity contribution in [3.63, 3.8) is 0 Å². The van der Waals surface area contributed by atoms with Crippen molar-refractivity contribution >= 4 is 11.8 Å². The molecule has 1 saturated heterocycles. The summed E-state index contributed by atoms with van der Waals surface area (Å²) in [5.74, 6) is 1.99. The molecule has 0 bridgehead atoms. The van der Waals surface area contributed by atoms with Gasteiger partial charge in [-0.2, -0.15) is 11.8 Å². The lowest BCUT2D eigenvalue weighted by atomic mass is 9.77. The van der Waals surface area contributed by atoms with Gasteiger partial charge in [0.2, 0.25) is 0 Å². The van der Waals surface area contributed by atoms with Gasteiger partial charge in [-0.3, -0.25) is 0 Å². The predicted octanol–water partition coefficient (Wildman–Crippen LogP) is 4.11. The normalized spacial score (nSPS) is 32.0. The van der Waals surface area contributed by atoms with Gasteiger partial charge in [0.25, 0.3) is 0 Å². The van der Waals surface area contributed by atoms with Crippen molar-refractivity contribution in [1.29, 1.82) is 0 Å². The molecule has 0 amide bonds. The highest BCUT2D eigenvalue weighted by atomic mass is 32.2. The summed E-state index contributed by atoms with van der Waals surface area (Å²) in [5.41, 5.74) is 9.72. The average Bonchev–Trinajstić information content (AvgIpc) is 2.87. The van der Waals surface area contributed by atoms with Crippen LogP contribution in [0.4, 0.5) is 0 Å². The van der Waals surface area contributed by atoms with E-state index in [4.69, 9.17) is 5.73 Å². The summed E-state index contributed by atoms with van der Waals surface area (Å²) in [4.78, 5) is 0. The first-order chi connectivity index (χ1) is 9.19. The van der Waals surface area contributed by atoms with Crippen LogP contribution in [0.15, 0.2) is 24.3 Å². The second-order valence-electron chi connectivity index (χ2n) is 6.39. The Morgan fingerprint density at radius 3 is 3.00 bits per heavy atom. The molecule has 1 aliphatic carbocycles. The monoisotopic (exact) mass is 275 g/mol. The van der Waals surface area contributed by atoms with E-state index in [1.165, 1.54) is 44.3 Å². The Kier molecular flexibility index (Phi) is 3.91. The van der Waals surface area contributed by atoms with E-state index in [0.29, 0.717) is 16.7 Å². The molecule has 1 heterocycles. The molecule has 2 aliphatic rings. The van der Waals surface area contributed by atoms with Gasteiger partial charge in [-0.15, -0.1) is 0 Å². The Hall–Kier alpha value is -0.470. The predicted molar refractivity (Wildman–Crippen MR) is 84.8 cm³/mol. The second-order valence-corrected chi connectivity index (χ2v) is 8.02. The molecule has 2 N–H and O–H groups in total. The maximum atomic E-state index is 6.58. The number of hydrogen-bond acceptors (Lipinski definition) is 2. The Bertz CT molecular complexity index is 437. The third kappa shape index (κ3) is 2.71. The summed E-state index contributed by atoms with van der Waals surface area (Å²) in [5, 5.41) is 0. The minimum atomic E-state index is 0.326. The molecule has 19 heavy (non-hydrogen) atoms. The summed E-state index contributed by atoms with van der Waals surface area (Å²) >= 11 is 2.10. The molecule has 1 aliphatic heterocycles. The lowest BCUT2D eigenvalue weighted by Crippen LogP contribution is -2.42. The third-order valence-electron chi connectivity index (χ3n) is 5.07.